The van der Waals surface area contributed by atoms with Crippen LogP contribution in [0.4, 0.5) is 17.6 Å². The molecule has 1 heterocycles. The lowest BCUT2D eigenvalue weighted by Gasteiger charge is -2.37. The molecule has 0 atom stereocenters. The molecule has 1 aliphatic heterocycles. The highest BCUT2D eigenvalue weighted by atomic mass is 79.9. The van der Waals surface area contributed by atoms with Crippen LogP contribution in [0.2, 0.25) is 0 Å². The SMILES string of the molecule is Cc1c(F)cc(Br)cc1C1=C(O)C2(CCC(C(F)(F)F)CC2)NC1=O. The average molecular weight is 422 g/mol. The fourth-order valence-electron chi connectivity index (χ4n) is 3.64. The zero-order valence-corrected chi connectivity index (χ0v) is 14.9. The largest absolute Gasteiger partial charge is 0.509 e. The van der Waals surface area contributed by atoms with Gasteiger partial charge in [0.25, 0.3) is 5.91 Å². The summed E-state index contributed by atoms with van der Waals surface area (Å²) in [4.78, 5) is 12.4. The summed E-state index contributed by atoms with van der Waals surface area (Å²) < 4.78 is 53.0. The van der Waals surface area contributed by atoms with Crippen LogP contribution < -0.4 is 5.32 Å². The molecular formula is C17H16BrF4NO2. The Hall–Kier alpha value is -1.57. The second-order valence-corrected chi connectivity index (χ2v) is 7.55. The van der Waals surface area contributed by atoms with Gasteiger partial charge in [-0.2, -0.15) is 13.2 Å². The maximum absolute atomic E-state index is 14.0. The molecule has 0 saturated heterocycles. The van der Waals surface area contributed by atoms with Gasteiger partial charge in [-0.3, -0.25) is 4.79 Å². The van der Waals surface area contributed by atoms with E-state index in [0.717, 1.165) is 0 Å². The number of hydrogen-bond acceptors (Lipinski definition) is 2. The van der Waals surface area contributed by atoms with Crippen molar-refractivity contribution in [3.05, 3.63) is 39.3 Å². The number of carbonyl (C=O) groups excluding carboxylic acids is 1. The number of rotatable bonds is 1. The maximum atomic E-state index is 14.0. The van der Waals surface area contributed by atoms with Crippen LogP contribution >= 0.6 is 15.9 Å². The summed E-state index contributed by atoms with van der Waals surface area (Å²) in [6.45, 7) is 1.48. The average Bonchev–Trinajstić information content (AvgIpc) is 2.73. The molecule has 2 N–H and O–H groups in total. The molecule has 0 bridgehead atoms. The van der Waals surface area contributed by atoms with E-state index in [1.165, 1.54) is 19.1 Å². The zero-order chi connectivity index (χ0) is 18.6. The minimum atomic E-state index is -4.28. The Morgan fingerprint density at radius 2 is 1.88 bits per heavy atom. The Kier molecular flexibility index (Phi) is 4.38. The lowest BCUT2D eigenvalue weighted by Crippen LogP contribution is -2.48. The predicted molar refractivity (Wildman–Crippen MR) is 87.3 cm³/mol. The number of aliphatic hydroxyl groups excluding tert-OH is 1. The standard InChI is InChI=1S/C17H16BrF4NO2/c1-8-11(6-10(18)7-12(8)19)13-14(24)16(23-15(13)25)4-2-9(3-5-16)17(20,21)22/h6-7,9,24H,2-5H2,1H3,(H,23,25). The quantitative estimate of drug-likeness (QED) is 0.640. The summed E-state index contributed by atoms with van der Waals surface area (Å²) in [5.41, 5.74) is -0.833. The Morgan fingerprint density at radius 3 is 2.44 bits per heavy atom. The van der Waals surface area contributed by atoms with Gasteiger partial charge in [0.05, 0.1) is 17.0 Å². The van der Waals surface area contributed by atoms with E-state index < -0.39 is 29.4 Å². The van der Waals surface area contributed by atoms with Gasteiger partial charge in [-0.15, -0.1) is 0 Å². The van der Waals surface area contributed by atoms with Gasteiger partial charge in [0.1, 0.15) is 11.6 Å². The topological polar surface area (TPSA) is 49.3 Å². The number of benzene rings is 1. The third-order valence-corrected chi connectivity index (χ3v) is 5.61. The van der Waals surface area contributed by atoms with Crippen molar-refractivity contribution in [2.45, 2.75) is 44.3 Å². The van der Waals surface area contributed by atoms with Gasteiger partial charge < -0.3 is 10.4 Å². The van der Waals surface area contributed by atoms with Gasteiger partial charge in [0.2, 0.25) is 0 Å². The van der Waals surface area contributed by atoms with Gasteiger partial charge in [-0.1, -0.05) is 15.9 Å². The van der Waals surface area contributed by atoms with Gasteiger partial charge in [-0.25, -0.2) is 4.39 Å². The summed E-state index contributed by atoms with van der Waals surface area (Å²) in [6, 6.07) is 2.76. The highest BCUT2D eigenvalue weighted by Crippen LogP contribution is 2.47. The summed E-state index contributed by atoms with van der Waals surface area (Å²) in [6.07, 6.45) is -4.64. The normalized spacial score (nSPS) is 27.1. The van der Waals surface area contributed by atoms with Crippen LogP contribution in [0.15, 0.2) is 22.4 Å². The minimum Gasteiger partial charge on any atom is -0.509 e. The molecule has 0 aromatic heterocycles. The molecule has 136 valence electrons. The summed E-state index contributed by atoms with van der Waals surface area (Å²) in [7, 11) is 0. The molecule has 0 unspecified atom stereocenters. The monoisotopic (exact) mass is 421 g/mol. The third-order valence-electron chi connectivity index (χ3n) is 5.15. The molecule has 1 aromatic carbocycles. The predicted octanol–water partition coefficient (Wildman–Crippen LogP) is 4.79. The molecule has 1 saturated carbocycles. The first-order valence-electron chi connectivity index (χ1n) is 7.84. The molecular weight excluding hydrogens is 406 g/mol. The van der Waals surface area contributed by atoms with Gasteiger partial charge in [-0.05, 0) is 55.9 Å². The Morgan fingerprint density at radius 1 is 1.28 bits per heavy atom. The van der Waals surface area contributed by atoms with E-state index in [-0.39, 0.29) is 48.1 Å². The second kappa shape index (κ2) is 6.00. The van der Waals surface area contributed by atoms with Crippen LogP contribution in [-0.2, 0) is 4.79 Å². The lowest BCUT2D eigenvalue weighted by molar-refractivity contribution is -0.184. The summed E-state index contributed by atoms with van der Waals surface area (Å²) in [5.74, 6) is -2.86. The number of aliphatic hydroxyl groups is 1. The lowest BCUT2D eigenvalue weighted by atomic mass is 9.75. The third kappa shape index (κ3) is 3.05. The molecule has 8 heteroatoms. The fourth-order valence-corrected chi connectivity index (χ4v) is 4.07. The smallest absolute Gasteiger partial charge is 0.391 e. The molecule has 3 rings (SSSR count). The highest BCUT2D eigenvalue weighted by Gasteiger charge is 2.52. The molecule has 1 fully saturated rings. The summed E-state index contributed by atoms with van der Waals surface area (Å²) in [5, 5.41) is 13.3. The Balaban J connectivity index is 1.99. The summed E-state index contributed by atoms with van der Waals surface area (Å²) >= 11 is 3.15. The number of halogens is 5. The van der Waals surface area contributed by atoms with E-state index in [4.69, 9.17) is 0 Å². The van der Waals surface area contributed by atoms with Crippen LogP contribution in [0, 0.1) is 18.7 Å². The number of amides is 1. The minimum absolute atomic E-state index is 0.00617. The van der Waals surface area contributed by atoms with Crippen LogP contribution in [0.25, 0.3) is 5.57 Å². The molecule has 2 aliphatic rings. The van der Waals surface area contributed by atoms with E-state index in [9.17, 15) is 27.5 Å². The number of hydrogen-bond donors (Lipinski definition) is 2. The van der Waals surface area contributed by atoms with Crippen molar-refractivity contribution in [1.82, 2.24) is 5.32 Å². The van der Waals surface area contributed by atoms with Crippen molar-refractivity contribution in [2.75, 3.05) is 0 Å². The van der Waals surface area contributed by atoms with Crippen molar-refractivity contribution in [2.24, 2.45) is 5.92 Å². The van der Waals surface area contributed by atoms with E-state index in [1.807, 2.05) is 0 Å². The number of nitrogens with one attached hydrogen (secondary N) is 1. The Labute approximate surface area is 150 Å². The second-order valence-electron chi connectivity index (χ2n) is 6.64. The molecule has 25 heavy (non-hydrogen) atoms. The first-order valence-corrected chi connectivity index (χ1v) is 8.63. The molecule has 0 radical (unpaired) electrons. The molecule has 1 aliphatic carbocycles. The Bertz CT molecular complexity index is 765. The molecule has 1 aromatic rings. The molecule has 1 spiro atoms. The van der Waals surface area contributed by atoms with Crippen molar-refractivity contribution >= 4 is 27.4 Å². The van der Waals surface area contributed by atoms with Crippen LogP contribution in [0.5, 0.6) is 0 Å². The zero-order valence-electron chi connectivity index (χ0n) is 13.3. The van der Waals surface area contributed by atoms with Crippen molar-refractivity contribution < 1.29 is 27.5 Å². The van der Waals surface area contributed by atoms with Crippen molar-refractivity contribution in [3.63, 3.8) is 0 Å². The van der Waals surface area contributed by atoms with Crippen LogP contribution in [0.3, 0.4) is 0 Å². The van der Waals surface area contributed by atoms with E-state index in [1.54, 1.807) is 0 Å². The van der Waals surface area contributed by atoms with E-state index in [2.05, 4.69) is 21.2 Å². The number of carbonyl (C=O) groups is 1. The van der Waals surface area contributed by atoms with Crippen molar-refractivity contribution in [3.8, 4) is 0 Å². The first kappa shape index (κ1) is 18.2. The van der Waals surface area contributed by atoms with E-state index >= 15 is 0 Å². The van der Waals surface area contributed by atoms with Crippen LogP contribution in [-0.4, -0.2) is 22.7 Å². The van der Waals surface area contributed by atoms with Gasteiger partial charge in [0, 0.05) is 4.47 Å². The molecule has 1 amide bonds. The van der Waals surface area contributed by atoms with E-state index in [0.29, 0.717) is 4.47 Å². The highest BCUT2D eigenvalue weighted by molar-refractivity contribution is 9.10. The molecule has 3 nitrogen and oxygen atoms in total. The maximum Gasteiger partial charge on any atom is 0.391 e. The first-order chi connectivity index (χ1) is 11.5. The fraction of sp³-hybridized carbons (Fsp3) is 0.471. The van der Waals surface area contributed by atoms with Gasteiger partial charge >= 0.3 is 6.18 Å². The van der Waals surface area contributed by atoms with Crippen LogP contribution in [0.1, 0.15) is 36.8 Å². The van der Waals surface area contributed by atoms with Crippen molar-refractivity contribution in [1.29, 1.82) is 0 Å². The number of alkyl halides is 3. The van der Waals surface area contributed by atoms with Gasteiger partial charge in [0.15, 0.2) is 0 Å².